The molecule has 3 N–H and O–H groups in total. The lowest BCUT2D eigenvalue weighted by Crippen LogP contribution is -2.53. The molecule has 0 fully saturated rings. The van der Waals surface area contributed by atoms with Crippen molar-refractivity contribution in [2.45, 2.75) is 64.1 Å². The summed E-state index contributed by atoms with van der Waals surface area (Å²) in [5.41, 5.74) is 3.89. The molecule has 8 heteroatoms. The van der Waals surface area contributed by atoms with Crippen LogP contribution in [0, 0.1) is 0 Å². The van der Waals surface area contributed by atoms with E-state index < -0.39 is 35.7 Å². The summed E-state index contributed by atoms with van der Waals surface area (Å²) >= 11 is 0. The molecule has 2 aromatic rings. The molecule has 1 aliphatic carbocycles. The molecule has 0 bridgehead atoms. The summed E-state index contributed by atoms with van der Waals surface area (Å²) in [5.74, 6) is -1.63. The number of ether oxygens (including phenoxy) is 2. The van der Waals surface area contributed by atoms with Gasteiger partial charge >= 0.3 is 12.1 Å². The Balaban J connectivity index is 1.67. The minimum absolute atomic E-state index is 0.0803. The Bertz CT molecular complexity index is 1020. The zero-order valence-electron chi connectivity index (χ0n) is 20.7. The van der Waals surface area contributed by atoms with Crippen molar-refractivity contribution >= 4 is 18.0 Å². The van der Waals surface area contributed by atoms with Gasteiger partial charge < -0.3 is 25.2 Å². The fourth-order valence-corrected chi connectivity index (χ4v) is 4.11. The molecule has 1 unspecified atom stereocenters. The molecule has 0 radical (unpaired) electrons. The Morgan fingerprint density at radius 1 is 0.971 bits per heavy atom. The topological polar surface area (TPSA) is 114 Å². The minimum atomic E-state index is -1.03. The zero-order chi connectivity index (χ0) is 25.6. The van der Waals surface area contributed by atoms with E-state index in [1.54, 1.807) is 6.92 Å². The molecule has 0 heterocycles. The Morgan fingerprint density at radius 3 is 2.06 bits per heavy atom. The van der Waals surface area contributed by atoms with Crippen molar-refractivity contribution in [3.63, 3.8) is 0 Å². The fraction of sp³-hybridized carbons (Fsp3) is 0.444. The van der Waals surface area contributed by atoms with E-state index in [-0.39, 0.29) is 25.6 Å². The van der Waals surface area contributed by atoms with Crippen LogP contribution >= 0.6 is 0 Å². The third kappa shape index (κ3) is 7.05. The Hall–Kier alpha value is -3.39. The number of alkyl carbamates (subject to hydrolysis) is 1. The highest BCUT2D eigenvalue weighted by Crippen LogP contribution is 2.44. The third-order valence-electron chi connectivity index (χ3n) is 5.90. The molecule has 2 amide bonds. The standard InChI is InChI=1S/C27H34N2O6/c1-5-17(14-24(30)31)28-25(32)23(16-35-27(2,3)4)29-26(33)34-15-22-20-12-8-6-10-18(20)19-11-7-9-13-21(19)22/h6-13,17,22-23H,5,14-16H2,1-4H3,(H,28,32)(H,29,33)(H,30,31)/t17?,23-/m0/s1. The highest BCUT2D eigenvalue weighted by molar-refractivity contribution is 5.86. The number of benzene rings is 2. The van der Waals surface area contributed by atoms with Crippen molar-refractivity contribution in [1.29, 1.82) is 0 Å². The van der Waals surface area contributed by atoms with Crippen molar-refractivity contribution in [2.24, 2.45) is 0 Å². The first-order chi connectivity index (χ1) is 16.6. The highest BCUT2D eigenvalue weighted by atomic mass is 16.5. The number of rotatable bonds is 10. The van der Waals surface area contributed by atoms with E-state index in [0.29, 0.717) is 6.42 Å². The van der Waals surface area contributed by atoms with Gasteiger partial charge in [0, 0.05) is 12.0 Å². The molecular formula is C27H34N2O6. The van der Waals surface area contributed by atoms with Gasteiger partial charge in [0.05, 0.1) is 18.6 Å². The van der Waals surface area contributed by atoms with Crippen molar-refractivity contribution in [2.75, 3.05) is 13.2 Å². The third-order valence-corrected chi connectivity index (χ3v) is 5.90. The van der Waals surface area contributed by atoms with Crippen LogP contribution in [0.4, 0.5) is 4.79 Å². The number of carbonyl (C=O) groups excluding carboxylic acids is 2. The first kappa shape index (κ1) is 26.2. The van der Waals surface area contributed by atoms with E-state index in [9.17, 15) is 14.4 Å². The van der Waals surface area contributed by atoms with Crippen LogP contribution < -0.4 is 10.6 Å². The predicted molar refractivity (Wildman–Crippen MR) is 132 cm³/mol. The summed E-state index contributed by atoms with van der Waals surface area (Å²) in [5, 5.41) is 14.4. The van der Waals surface area contributed by atoms with Crippen LogP contribution in [0.5, 0.6) is 0 Å². The molecular weight excluding hydrogens is 448 g/mol. The number of fused-ring (bicyclic) bond motifs is 3. The average Bonchev–Trinajstić information content (AvgIpc) is 3.12. The van der Waals surface area contributed by atoms with Gasteiger partial charge in [-0.2, -0.15) is 0 Å². The second kappa shape index (κ2) is 11.4. The van der Waals surface area contributed by atoms with E-state index in [4.69, 9.17) is 14.6 Å². The monoisotopic (exact) mass is 482 g/mol. The number of aliphatic carboxylic acids is 1. The van der Waals surface area contributed by atoms with Gasteiger partial charge in [0.1, 0.15) is 12.6 Å². The number of hydrogen-bond donors (Lipinski definition) is 3. The zero-order valence-corrected chi connectivity index (χ0v) is 20.7. The first-order valence-electron chi connectivity index (χ1n) is 11.9. The molecule has 35 heavy (non-hydrogen) atoms. The minimum Gasteiger partial charge on any atom is -0.481 e. The fourth-order valence-electron chi connectivity index (χ4n) is 4.11. The van der Waals surface area contributed by atoms with E-state index in [2.05, 4.69) is 22.8 Å². The maximum Gasteiger partial charge on any atom is 0.407 e. The van der Waals surface area contributed by atoms with Gasteiger partial charge in [-0.05, 0) is 49.4 Å². The lowest BCUT2D eigenvalue weighted by molar-refractivity contribution is -0.137. The lowest BCUT2D eigenvalue weighted by Gasteiger charge is -2.26. The van der Waals surface area contributed by atoms with Gasteiger partial charge in [-0.15, -0.1) is 0 Å². The molecule has 0 saturated heterocycles. The maximum absolute atomic E-state index is 12.9. The van der Waals surface area contributed by atoms with Crippen LogP contribution in [0.3, 0.4) is 0 Å². The second-order valence-corrected chi connectivity index (χ2v) is 9.66. The molecule has 2 atom stereocenters. The molecule has 0 saturated carbocycles. The molecule has 0 aromatic heterocycles. The number of amides is 2. The predicted octanol–water partition coefficient (Wildman–Crippen LogP) is 4.08. The Labute approximate surface area is 206 Å². The van der Waals surface area contributed by atoms with Crippen LogP contribution in [0.15, 0.2) is 48.5 Å². The largest absolute Gasteiger partial charge is 0.481 e. The van der Waals surface area contributed by atoms with Gasteiger partial charge in [0.2, 0.25) is 5.91 Å². The summed E-state index contributed by atoms with van der Waals surface area (Å²) in [4.78, 5) is 36.7. The molecule has 3 rings (SSSR count). The number of hydrogen-bond acceptors (Lipinski definition) is 5. The average molecular weight is 483 g/mol. The van der Waals surface area contributed by atoms with Crippen LogP contribution in [0.25, 0.3) is 11.1 Å². The quantitative estimate of drug-likeness (QED) is 0.470. The van der Waals surface area contributed by atoms with Gasteiger partial charge in [-0.25, -0.2) is 4.79 Å². The number of carboxylic acids is 1. The molecule has 0 spiro atoms. The second-order valence-electron chi connectivity index (χ2n) is 9.66. The molecule has 0 aliphatic heterocycles. The van der Waals surface area contributed by atoms with Crippen molar-refractivity contribution in [3.8, 4) is 11.1 Å². The smallest absolute Gasteiger partial charge is 0.407 e. The molecule has 1 aliphatic rings. The van der Waals surface area contributed by atoms with Crippen LogP contribution in [0.2, 0.25) is 0 Å². The Kier molecular flexibility index (Phi) is 8.51. The first-order valence-corrected chi connectivity index (χ1v) is 11.9. The highest BCUT2D eigenvalue weighted by Gasteiger charge is 2.30. The number of carbonyl (C=O) groups is 3. The maximum atomic E-state index is 12.9. The van der Waals surface area contributed by atoms with E-state index >= 15 is 0 Å². The lowest BCUT2D eigenvalue weighted by atomic mass is 9.98. The van der Waals surface area contributed by atoms with Gasteiger partial charge in [0.15, 0.2) is 0 Å². The summed E-state index contributed by atoms with van der Waals surface area (Å²) in [6, 6.07) is 14.5. The molecule has 8 nitrogen and oxygen atoms in total. The van der Waals surface area contributed by atoms with Crippen LogP contribution in [0.1, 0.15) is 57.6 Å². The summed E-state index contributed by atoms with van der Waals surface area (Å²) in [7, 11) is 0. The van der Waals surface area contributed by atoms with E-state index in [1.165, 1.54) is 0 Å². The molecule has 2 aromatic carbocycles. The SMILES string of the molecule is CCC(CC(=O)O)NC(=O)[C@H](COC(C)(C)C)NC(=O)OCC1c2ccccc2-c2ccccc21. The van der Waals surface area contributed by atoms with E-state index in [1.807, 2.05) is 57.2 Å². The van der Waals surface area contributed by atoms with E-state index in [0.717, 1.165) is 22.3 Å². The van der Waals surface area contributed by atoms with Gasteiger partial charge in [-0.1, -0.05) is 55.5 Å². The van der Waals surface area contributed by atoms with Crippen LogP contribution in [-0.4, -0.2) is 54.0 Å². The van der Waals surface area contributed by atoms with Crippen molar-refractivity contribution < 1.29 is 29.0 Å². The van der Waals surface area contributed by atoms with Crippen molar-refractivity contribution in [1.82, 2.24) is 10.6 Å². The van der Waals surface area contributed by atoms with Crippen LogP contribution in [-0.2, 0) is 19.1 Å². The normalized spacial score (nSPS) is 14.4. The molecule has 188 valence electrons. The summed E-state index contributed by atoms with van der Waals surface area (Å²) in [6.07, 6.45) is -0.508. The van der Waals surface area contributed by atoms with Crippen molar-refractivity contribution in [3.05, 3.63) is 59.7 Å². The Morgan fingerprint density at radius 2 is 1.54 bits per heavy atom. The number of nitrogens with one attached hydrogen (secondary N) is 2. The number of carboxylic acid groups (broad SMARTS) is 1. The van der Waals surface area contributed by atoms with Gasteiger partial charge in [0.25, 0.3) is 0 Å². The van der Waals surface area contributed by atoms with Gasteiger partial charge in [-0.3, -0.25) is 9.59 Å². The summed E-state index contributed by atoms with van der Waals surface area (Å²) in [6.45, 7) is 7.35. The summed E-state index contributed by atoms with van der Waals surface area (Å²) < 4.78 is 11.3.